The second kappa shape index (κ2) is 5.99. The van der Waals surface area contributed by atoms with Crippen LogP contribution in [0.3, 0.4) is 0 Å². The zero-order chi connectivity index (χ0) is 13.8. The van der Waals surface area contributed by atoms with Gasteiger partial charge in [0.2, 0.25) is 0 Å². The molecule has 3 atom stereocenters. The molecule has 104 valence electrons. The fraction of sp³-hybridized carbons (Fsp3) is 0.643. The molecule has 1 N–H and O–H groups in total. The standard InChI is InChI=1S/C14H20N2O3/c1-3-19-13(17)11-9(2)15-14(18)16-12(11)10-7-5-4-6-8-10/h4-5,10-12H,3,6-8H2,1-2H3,(H,16,18)/t10-,11+,12?/m1/s1. The maximum atomic E-state index is 12.1. The summed E-state index contributed by atoms with van der Waals surface area (Å²) in [5.74, 6) is -0.466. The van der Waals surface area contributed by atoms with E-state index >= 15 is 0 Å². The molecule has 0 aromatic carbocycles. The molecule has 19 heavy (non-hydrogen) atoms. The van der Waals surface area contributed by atoms with Crippen LogP contribution in [0.15, 0.2) is 17.1 Å². The molecule has 2 aliphatic rings. The first-order chi connectivity index (χ1) is 9.13. The monoisotopic (exact) mass is 264 g/mol. The molecule has 0 spiro atoms. The number of urea groups is 1. The summed E-state index contributed by atoms with van der Waals surface area (Å²) >= 11 is 0. The van der Waals surface area contributed by atoms with Crippen molar-refractivity contribution in [2.24, 2.45) is 16.8 Å². The predicted molar refractivity (Wildman–Crippen MR) is 72.0 cm³/mol. The van der Waals surface area contributed by atoms with E-state index < -0.39 is 5.92 Å². The van der Waals surface area contributed by atoms with E-state index in [1.165, 1.54) is 0 Å². The lowest BCUT2D eigenvalue weighted by Crippen LogP contribution is -2.53. The lowest BCUT2D eigenvalue weighted by atomic mass is 9.78. The Bertz CT molecular complexity index is 428. The van der Waals surface area contributed by atoms with Gasteiger partial charge in [0.15, 0.2) is 0 Å². The third-order valence-corrected chi connectivity index (χ3v) is 3.74. The number of hydrogen-bond acceptors (Lipinski definition) is 3. The van der Waals surface area contributed by atoms with E-state index in [4.69, 9.17) is 4.74 Å². The molecule has 1 aliphatic heterocycles. The van der Waals surface area contributed by atoms with E-state index in [0.717, 1.165) is 19.3 Å². The number of hydrogen-bond donors (Lipinski definition) is 1. The molecule has 5 heteroatoms. The van der Waals surface area contributed by atoms with Crippen molar-refractivity contribution in [1.82, 2.24) is 5.32 Å². The maximum absolute atomic E-state index is 12.1. The van der Waals surface area contributed by atoms with Crippen LogP contribution >= 0.6 is 0 Å². The van der Waals surface area contributed by atoms with E-state index in [9.17, 15) is 9.59 Å². The van der Waals surface area contributed by atoms with Gasteiger partial charge in [-0.1, -0.05) is 12.2 Å². The van der Waals surface area contributed by atoms with E-state index in [0.29, 0.717) is 12.3 Å². The van der Waals surface area contributed by atoms with E-state index in [-0.39, 0.29) is 24.0 Å². The van der Waals surface area contributed by atoms with Gasteiger partial charge in [-0.15, -0.1) is 0 Å². The number of nitrogens with zero attached hydrogens (tertiary/aromatic N) is 1. The second-order valence-corrected chi connectivity index (χ2v) is 5.00. The average Bonchev–Trinajstić information content (AvgIpc) is 2.39. The van der Waals surface area contributed by atoms with Crippen LogP contribution in [0.25, 0.3) is 0 Å². The Morgan fingerprint density at radius 2 is 2.32 bits per heavy atom. The highest BCUT2D eigenvalue weighted by atomic mass is 16.5. The van der Waals surface area contributed by atoms with Gasteiger partial charge in [-0.2, -0.15) is 0 Å². The summed E-state index contributed by atoms with van der Waals surface area (Å²) in [5, 5.41) is 2.84. The number of aliphatic imine (C=N–C) groups is 1. The lowest BCUT2D eigenvalue weighted by molar-refractivity contribution is -0.146. The Hall–Kier alpha value is -1.65. The molecule has 2 rings (SSSR count). The highest BCUT2D eigenvalue weighted by molar-refractivity contribution is 6.08. The second-order valence-electron chi connectivity index (χ2n) is 5.00. The minimum absolute atomic E-state index is 0.200. The Balaban J connectivity index is 2.22. The fourth-order valence-electron chi connectivity index (χ4n) is 2.83. The highest BCUT2D eigenvalue weighted by Gasteiger charge is 2.40. The summed E-state index contributed by atoms with van der Waals surface area (Å²) in [7, 11) is 0. The van der Waals surface area contributed by atoms with E-state index in [1.54, 1.807) is 13.8 Å². The highest BCUT2D eigenvalue weighted by Crippen LogP contribution is 2.29. The first kappa shape index (κ1) is 13.8. The molecule has 0 fully saturated rings. The van der Waals surface area contributed by atoms with Gasteiger partial charge >= 0.3 is 12.0 Å². The summed E-state index contributed by atoms with van der Waals surface area (Å²) in [6, 6.07) is -0.549. The molecule has 1 aliphatic carbocycles. The quantitative estimate of drug-likeness (QED) is 0.626. The predicted octanol–water partition coefficient (Wildman–Crippen LogP) is 2.07. The van der Waals surface area contributed by atoms with Crippen molar-refractivity contribution >= 4 is 17.7 Å². The largest absolute Gasteiger partial charge is 0.465 e. The molecule has 2 amide bonds. The molecular weight excluding hydrogens is 244 g/mol. The molecule has 1 unspecified atom stereocenters. The summed E-state index contributed by atoms with van der Waals surface area (Å²) in [5.41, 5.74) is 0.557. The van der Waals surface area contributed by atoms with Gasteiger partial charge in [0.25, 0.3) is 0 Å². The number of nitrogens with one attached hydrogen (secondary N) is 1. The van der Waals surface area contributed by atoms with Gasteiger partial charge in [0.1, 0.15) is 5.92 Å². The van der Waals surface area contributed by atoms with Crippen molar-refractivity contribution in [3.05, 3.63) is 12.2 Å². The van der Waals surface area contributed by atoms with Crippen molar-refractivity contribution < 1.29 is 14.3 Å². The van der Waals surface area contributed by atoms with Gasteiger partial charge in [-0.25, -0.2) is 9.79 Å². The van der Waals surface area contributed by atoms with Crippen LogP contribution in [0.2, 0.25) is 0 Å². The van der Waals surface area contributed by atoms with Crippen molar-refractivity contribution in [3.8, 4) is 0 Å². The summed E-state index contributed by atoms with van der Waals surface area (Å²) in [6.07, 6.45) is 7.10. The Morgan fingerprint density at radius 1 is 1.53 bits per heavy atom. The van der Waals surface area contributed by atoms with Crippen LogP contribution < -0.4 is 5.32 Å². The third-order valence-electron chi connectivity index (χ3n) is 3.74. The number of ether oxygens (including phenoxy) is 1. The molecule has 0 aromatic rings. The third kappa shape index (κ3) is 3.03. The molecule has 0 bridgehead atoms. The first-order valence-electron chi connectivity index (χ1n) is 6.80. The minimum atomic E-state index is -0.450. The van der Waals surface area contributed by atoms with Crippen LogP contribution in [0.5, 0.6) is 0 Å². The van der Waals surface area contributed by atoms with Gasteiger partial charge in [0.05, 0.1) is 12.6 Å². The first-order valence-corrected chi connectivity index (χ1v) is 6.80. The van der Waals surface area contributed by atoms with E-state index in [1.807, 2.05) is 0 Å². The minimum Gasteiger partial charge on any atom is -0.465 e. The zero-order valence-electron chi connectivity index (χ0n) is 11.4. The average molecular weight is 264 g/mol. The van der Waals surface area contributed by atoms with Gasteiger partial charge in [-0.3, -0.25) is 4.79 Å². The molecule has 1 heterocycles. The number of amides is 2. The number of rotatable bonds is 3. The Labute approximate surface area is 113 Å². The number of allylic oxidation sites excluding steroid dienone is 2. The van der Waals surface area contributed by atoms with E-state index in [2.05, 4.69) is 22.5 Å². The van der Waals surface area contributed by atoms with Gasteiger partial charge in [-0.05, 0) is 39.0 Å². The molecule has 5 nitrogen and oxygen atoms in total. The number of esters is 1. The maximum Gasteiger partial charge on any atom is 0.341 e. The smallest absolute Gasteiger partial charge is 0.341 e. The normalized spacial score (nSPS) is 30.5. The van der Waals surface area contributed by atoms with Crippen LogP contribution in [-0.2, 0) is 9.53 Å². The summed E-state index contributed by atoms with van der Waals surface area (Å²) in [6.45, 7) is 3.85. The summed E-state index contributed by atoms with van der Waals surface area (Å²) in [4.78, 5) is 27.5. The number of carbonyl (C=O) groups excluding carboxylic acids is 2. The molecular formula is C14H20N2O3. The molecule has 0 saturated heterocycles. The van der Waals surface area contributed by atoms with Crippen LogP contribution in [0.4, 0.5) is 4.79 Å². The van der Waals surface area contributed by atoms with Crippen LogP contribution in [-0.4, -0.2) is 30.4 Å². The topological polar surface area (TPSA) is 67.8 Å². The zero-order valence-corrected chi connectivity index (χ0v) is 11.4. The van der Waals surface area contributed by atoms with Crippen molar-refractivity contribution in [2.75, 3.05) is 6.61 Å². The molecule has 0 radical (unpaired) electrons. The Morgan fingerprint density at radius 3 is 2.95 bits per heavy atom. The SMILES string of the molecule is CCOC(=O)[C@H]1C(C)=NC(=O)NC1[C@@H]1CC=CCC1. The van der Waals surface area contributed by atoms with Gasteiger partial charge < -0.3 is 10.1 Å². The molecule has 0 saturated carbocycles. The van der Waals surface area contributed by atoms with Gasteiger partial charge in [0, 0.05) is 5.71 Å². The number of carbonyl (C=O) groups is 2. The Kier molecular flexibility index (Phi) is 4.35. The molecule has 0 aromatic heterocycles. The summed E-state index contributed by atoms with van der Waals surface area (Å²) < 4.78 is 5.12. The van der Waals surface area contributed by atoms with Crippen molar-refractivity contribution in [2.45, 2.75) is 39.2 Å². The van der Waals surface area contributed by atoms with Crippen molar-refractivity contribution in [1.29, 1.82) is 0 Å². The van der Waals surface area contributed by atoms with Crippen LogP contribution in [0.1, 0.15) is 33.1 Å². The lowest BCUT2D eigenvalue weighted by Gasteiger charge is -2.35. The van der Waals surface area contributed by atoms with Crippen molar-refractivity contribution in [3.63, 3.8) is 0 Å². The fourth-order valence-corrected chi connectivity index (χ4v) is 2.83. The van der Waals surface area contributed by atoms with Crippen LogP contribution in [0, 0.1) is 11.8 Å².